The summed E-state index contributed by atoms with van der Waals surface area (Å²) in [5.41, 5.74) is 1.35. The summed E-state index contributed by atoms with van der Waals surface area (Å²) in [7, 11) is 0. The summed E-state index contributed by atoms with van der Waals surface area (Å²) in [6.07, 6.45) is 4.97. The number of rotatable bonds is 4. The topological polar surface area (TPSA) is 99.2 Å². The molecule has 0 unspecified atom stereocenters. The summed E-state index contributed by atoms with van der Waals surface area (Å²) in [6, 6.07) is 12.9. The van der Waals surface area contributed by atoms with Crippen LogP contribution in [0.3, 0.4) is 0 Å². The molecular weight excluding hydrogens is 310 g/mol. The van der Waals surface area contributed by atoms with Crippen molar-refractivity contribution in [1.29, 1.82) is 0 Å². The van der Waals surface area contributed by atoms with Gasteiger partial charge in [0.1, 0.15) is 0 Å². The number of benzene rings is 2. The van der Waals surface area contributed by atoms with Crippen LogP contribution in [0.5, 0.6) is 0 Å². The van der Waals surface area contributed by atoms with Gasteiger partial charge in [-0.25, -0.2) is 0 Å². The Kier molecular flexibility index (Phi) is 3.98. The van der Waals surface area contributed by atoms with Crippen molar-refractivity contribution in [3.8, 4) is 0 Å². The normalized spacial score (nSPS) is 11.0. The van der Waals surface area contributed by atoms with Crippen LogP contribution in [0.2, 0.25) is 0 Å². The Bertz CT molecular complexity index is 977. The van der Waals surface area contributed by atoms with E-state index in [0.717, 1.165) is 22.5 Å². The Morgan fingerprint density at radius 2 is 1.62 bits per heavy atom. The van der Waals surface area contributed by atoms with E-state index in [1.807, 2.05) is 24.3 Å². The number of nitrogens with zero attached hydrogens (tertiary/aromatic N) is 3. The van der Waals surface area contributed by atoms with Crippen LogP contribution in [0.25, 0.3) is 23.1 Å². The van der Waals surface area contributed by atoms with Crippen LogP contribution >= 0.6 is 0 Å². The molecule has 3 rings (SSSR count). The molecule has 2 aromatic carbocycles. The number of nitro groups is 2. The molecule has 1 aromatic heterocycles. The van der Waals surface area contributed by atoms with Crippen LogP contribution in [0, 0.1) is 20.2 Å². The first-order valence-corrected chi connectivity index (χ1v) is 7.01. The number of hydrogen-bond donors (Lipinski definition) is 0. The standard InChI is InChI=1S/C17H11N3O4/c21-19(22)14-8-7-13(17(11-14)20(23)24)6-5-12-9-10-18-16-4-2-1-3-15(12)16/h1-11H/b6-5-. The van der Waals surface area contributed by atoms with Gasteiger partial charge in [0.2, 0.25) is 0 Å². The predicted molar refractivity (Wildman–Crippen MR) is 90.4 cm³/mol. The summed E-state index contributed by atoms with van der Waals surface area (Å²) < 4.78 is 0. The molecule has 1 heterocycles. The fourth-order valence-electron chi connectivity index (χ4n) is 2.39. The fourth-order valence-corrected chi connectivity index (χ4v) is 2.39. The van der Waals surface area contributed by atoms with Crippen molar-refractivity contribution >= 4 is 34.4 Å². The van der Waals surface area contributed by atoms with E-state index in [-0.39, 0.29) is 11.4 Å². The van der Waals surface area contributed by atoms with Crippen LogP contribution in [0.15, 0.2) is 54.7 Å². The number of pyridine rings is 1. The summed E-state index contributed by atoms with van der Waals surface area (Å²) in [4.78, 5) is 24.9. The number of para-hydroxylation sites is 1. The van der Waals surface area contributed by atoms with Crippen molar-refractivity contribution < 1.29 is 9.85 Å². The quantitative estimate of drug-likeness (QED) is 0.529. The van der Waals surface area contributed by atoms with Crippen molar-refractivity contribution in [2.75, 3.05) is 0 Å². The van der Waals surface area contributed by atoms with Gasteiger partial charge in [-0.2, -0.15) is 0 Å². The molecule has 0 bridgehead atoms. The first kappa shape index (κ1) is 15.3. The Morgan fingerprint density at radius 3 is 2.38 bits per heavy atom. The van der Waals surface area contributed by atoms with Gasteiger partial charge in [-0.15, -0.1) is 0 Å². The highest BCUT2D eigenvalue weighted by Crippen LogP contribution is 2.27. The molecule has 0 N–H and O–H groups in total. The van der Waals surface area contributed by atoms with Gasteiger partial charge in [0.15, 0.2) is 0 Å². The van der Waals surface area contributed by atoms with Crippen LogP contribution in [0.4, 0.5) is 11.4 Å². The van der Waals surface area contributed by atoms with E-state index in [9.17, 15) is 20.2 Å². The van der Waals surface area contributed by atoms with Crippen LogP contribution in [-0.4, -0.2) is 14.8 Å². The monoisotopic (exact) mass is 321 g/mol. The van der Waals surface area contributed by atoms with Crippen molar-refractivity contribution in [2.45, 2.75) is 0 Å². The first-order valence-electron chi connectivity index (χ1n) is 7.01. The fraction of sp³-hybridized carbons (Fsp3) is 0. The van der Waals surface area contributed by atoms with Gasteiger partial charge in [-0.1, -0.05) is 24.3 Å². The number of non-ortho nitro benzene ring substituents is 1. The van der Waals surface area contributed by atoms with E-state index >= 15 is 0 Å². The molecule has 7 nitrogen and oxygen atoms in total. The maximum Gasteiger partial charge on any atom is 0.283 e. The highest BCUT2D eigenvalue weighted by Gasteiger charge is 2.17. The summed E-state index contributed by atoms with van der Waals surface area (Å²) in [6.45, 7) is 0. The van der Waals surface area contributed by atoms with Gasteiger partial charge in [-0.05, 0) is 29.8 Å². The lowest BCUT2D eigenvalue weighted by Crippen LogP contribution is -1.94. The lowest BCUT2D eigenvalue weighted by atomic mass is 10.1. The third kappa shape index (κ3) is 2.95. The molecule has 0 radical (unpaired) electrons. The highest BCUT2D eigenvalue weighted by atomic mass is 16.6. The SMILES string of the molecule is O=[N+]([O-])c1ccc(/C=C\c2ccnc3ccccc23)c([N+](=O)[O-])c1. The van der Waals surface area contributed by atoms with Gasteiger partial charge < -0.3 is 0 Å². The van der Waals surface area contributed by atoms with Crippen molar-refractivity contribution in [3.63, 3.8) is 0 Å². The number of nitro benzene ring substituents is 2. The van der Waals surface area contributed by atoms with Crippen molar-refractivity contribution in [3.05, 3.63) is 86.1 Å². The Labute approximate surface area is 136 Å². The number of fused-ring (bicyclic) bond motifs is 1. The Morgan fingerprint density at radius 1 is 0.875 bits per heavy atom. The van der Waals surface area contributed by atoms with E-state index in [1.165, 1.54) is 12.1 Å². The largest absolute Gasteiger partial charge is 0.283 e. The van der Waals surface area contributed by atoms with Crippen LogP contribution in [0.1, 0.15) is 11.1 Å². The lowest BCUT2D eigenvalue weighted by molar-refractivity contribution is -0.394. The first-order chi connectivity index (χ1) is 11.6. The van der Waals surface area contributed by atoms with Gasteiger partial charge in [0, 0.05) is 17.6 Å². The van der Waals surface area contributed by atoms with E-state index < -0.39 is 9.85 Å². The molecular formula is C17H11N3O4. The van der Waals surface area contributed by atoms with Gasteiger partial charge in [0.25, 0.3) is 11.4 Å². The van der Waals surface area contributed by atoms with Crippen LogP contribution < -0.4 is 0 Å². The zero-order valence-electron chi connectivity index (χ0n) is 12.3. The second-order valence-corrected chi connectivity index (χ2v) is 5.01. The molecule has 0 fully saturated rings. The van der Waals surface area contributed by atoms with Gasteiger partial charge in [0.05, 0.1) is 27.0 Å². The second-order valence-electron chi connectivity index (χ2n) is 5.01. The maximum atomic E-state index is 11.2. The van der Waals surface area contributed by atoms with E-state index in [2.05, 4.69) is 4.98 Å². The molecule has 0 saturated carbocycles. The summed E-state index contributed by atoms with van der Waals surface area (Å²) in [5.74, 6) is 0. The van der Waals surface area contributed by atoms with E-state index in [1.54, 1.807) is 24.4 Å². The molecule has 0 amide bonds. The average Bonchev–Trinajstić information content (AvgIpc) is 2.59. The van der Waals surface area contributed by atoms with Gasteiger partial charge >= 0.3 is 0 Å². The van der Waals surface area contributed by atoms with Crippen molar-refractivity contribution in [2.24, 2.45) is 0 Å². The van der Waals surface area contributed by atoms with Gasteiger partial charge in [-0.3, -0.25) is 25.2 Å². The second kappa shape index (κ2) is 6.25. The van der Waals surface area contributed by atoms with Crippen molar-refractivity contribution in [1.82, 2.24) is 4.98 Å². The Balaban J connectivity index is 2.05. The lowest BCUT2D eigenvalue weighted by Gasteiger charge is -2.01. The average molecular weight is 321 g/mol. The molecule has 7 heteroatoms. The number of aromatic nitrogens is 1. The summed E-state index contributed by atoms with van der Waals surface area (Å²) >= 11 is 0. The molecule has 24 heavy (non-hydrogen) atoms. The van der Waals surface area contributed by atoms with Crippen LogP contribution in [-0.2, 0) is 0 Å². The molecule has 0 atom stereocenters. The van der Waals surface area contributed by atoms with E-state index in [0.29, 0.717) is 5.56 Å². The smallest absolute Gasteiger partial charge is 0.258 e. The Hall–Kier alpha value is -3.61. The molecule has 0 aliphatic rings. The minimum Gasteiger partial charge on any atom is -0.258 e. The minimum absolute atomic E-state index is 0.298. The molecule has 0 spiro atoms. The predicted octanol–water partition coefficient (Wildman–Crippen LogP) is 4.22. The molecule has 0 aliphatic carbocycles. The third-order valence-corrected chi connectivity index (χ3v) is 3.55. The highest BCUT2D eigenvalue weighted by molar-refractivity contribution is 5.90. The third-order valence-electron chi connectivity index (χ3n) is 3.55. The molecule has 118 valence electrons. The zero-order chi connectivity index (χ0) is 17.1. The zero-order valence-corrected chi connectivity index (χ0v) is 12.3. The molecule has 3 aromatic rings. The number of hydrogen-bond acceptors (Lipinski definition) is 5. The summed E-state index contributed by atoms with van der Waals surface area (Å²) in [5, 5.41) is 22.8. The minimum atomic E-state index is -0.656. The molecule has 0 saturated heterocycles. The maximum absolute atomic E-state index is 11.2. The van der Waals surface area contributed by atoms with E-state index in [4.69, 9.17) is 0 Å². The molecule has 0 aliphatic heterocycles.